The second-order valence-electron chi connectivity index (χ2n) is 5.46. The molecule has 5 nitrogen and oxygen atoms in total. The first-order chi connectivity index (χ1) is 12.1. The van der Waals surface area contributed by atoms with Gasteiger partial charge in [-0.25, -0.2) is 4.79 Å². The maximum Gasteiger partial charge on any atom is 0.459 e. The summed E-state index contributed by atoms with van der Waals surface area (Å²) in [5, 5.41) is 3.36. The molecule has 12 heteroatoms. The third kappa shape index (κ3) is 3.58. The zero-order valence-electron chi connectivity index (χ0n) is 12.9. The van der Waals surface area contributed by atoms with Crippen LogP contribution in [-0.4, -0.2) is 52.9 Å². The number of thiophene rings is 1. The van der Waals surface area contributed by atoms with Gasteiger partial charge in [0.05, 0.1) is 23.7 Å². The normalized spacial score (nSPS) is 21.3. The highest BCUT2D eigenvalue weighted by atomic mass is 32.2. The summed E-state index contributed by atoms with van der Waals surface area (Å²) in [6.45, 7) is 1.09. The van der Waals surface area contributed by atoms with Crippen LogP contribution in [0.1, 0.15) is 4.88 Å². The number of oxime groups is 1. The summed E-state index contributed by atoms with van der Waals surface area (Å²) < 4.78 is 76.1. The van der Waals surface area contributed by atoms with E-state index in [1.54, 1.807) is 6.07 Å². The fourth-order valence-electron chi connectivity index (χ4n) is 2.36. The Morgan fingerprint density at radius 2 is 1.88 bits per heavy atom. The maximum atomic E-state index is 13.5. The third-order valence-electron chi connectivity index (χ3n) is 3.74. The Labute approximate surface area is 151 Å². The lowest BCUT2D eigenvalue weighted by atomic mass is 10.0. The van der Waals surface area contributed by atoms with E-state index < -0.39 is 40.5 Å². The van der Waals surface area contributed by atoms with E-state index in [2.05, 4.69) is 9.99 Å². The Balaban J connectivity index is 1.85. The molecule has 0 saturated carbocycles. The zero-order valence-corrected chi connectivity index (χ0v) is 14.5. The average molecular weight is 414 g/mol. The lowest BCUT2D eigenvalue weighted by Crippen LogP contribution is -2.44. The van der Waals surface area contributed by atoms with Gasteiger partial charge in [-0.2, -0.15) is 22.0 Å². The molecule has 3 rings (SSSR count). The Morgan fingerprint density at radius 3 is 2.50 bits per heavy atom. The van der Waals surface area contributed by atoms with Crippen molar-refractivity contribution < 1.29 is 36.1 Å². The van der Waals surface area contributed by atoms with E-state index in [9.17, 15) is 31.3 Å². The van der Waals surface area contributed by atoms with Crippen LogP contribution in [0.2, 0.25) is 0 Å². The van der Waals surface area contributed by atoms with Gasteiger partial charge in [0.1, 0.15) is 11.5 Å². The van der Waals surface area contributed by atoms with E-state index in [-0.39, 0.29) is 0 Å². The molecule has 142 valence electrons. The van der Waals surface area contributed by atoms with Crippen LogP contribution in [-0.2, 0) is 20.8 Å². The lowest BCUT2D eigenvalue weighted by molar-refractivity contribution is -0.249. The molecule has 0 atom stereocenters. The minimum Gasteiger partial charge on any atom is -0.616 e. The van der Waals surface area contributed by atoms with Crippen LogP contribution in [0.25, 0.3) is 6.08 Å². The maximum absolute atomic E-state index is 13.5. The molecule has 2 aliphatic heterocycles. The summed E-state index contributed by atoms with van der Waals surface area (Å²) in [5.74, 6) is -5.68. The van der Waals surface area contributed by atoms with Crippen molar-refractivity contribution in [2.45, 2.75) is 12.1 Å². The van der Waals surface area contributed by atoms with Crippen molar-refractivity contribution in [1.82, 2.24) is 0 Å². The Bertz CT molecular complexity index is 767. The van der Waals surface area contributed by atoms with E-state index in [4.69, 9.17) is 0 Å². The SMILES string of the molecule is O=C1ON=C(C(F)(F)C(F)(F)F)/C1=C\c1ccc(N2CC[S+]([O-])CC2)s1. The van der Waals surface area contributed by atoms with E-state index in [0.29, 0.717) is 29.5 Å². The minimum absolute atomic E-state index is 0.297. The molecule has 0 radical (unpaired) electrons. The number of alkyl halides is 5. The second kappa shape index (κ2) is 6.82. The van der Waals surface area contributed by atoms with Crippen molar-refractivity contribution in [2.24, 2.45) is 5.16 Å². The summed E-state index contributed by atoms with van der Waals surface area (Å²) in [4.78, 5) is 17.8. The first-order valence-electron chi connectivity index (χ1n) is 7.26. The predicted molar refractivity (Wildman–Crippen MR) is 86.9 cm³/mol. The molecular weight excluding hydrogens is 403 g/mol. The second-order valence-corrected chi connectivity index (χ2v) is 8.25. The first-order valence-corrected chi connectivity index (χ1v) is 9.56. The number of halogens is 5. The summed E-state index contributed by atoms with van der Waals surface area (Å²) in [5.41, 5.74) is -2.68. The Kier molecular flexibility index (Phi) is 5.01. The molecule has 26 heavy (non-hydrogen) atoms. The standard InChI is InChI=1S/C14H11F5N2O3S2/c15-13(16,14(17,18)19)11-9(12(22)24-20-11)7-8-1-2-10(25-8)21-3-5-26(23)6-4-21/h1-2,7H,3-6H2/b9-7+. The molecule has 0 aromatic carbocycles. The average Bonchev–Trinajstić information content (AvgIpc) is 3.15. The fourth-order valence-corrected chi connectivity index (χ4v) is 4.41. The van der Waals surface area contributed by atoms with Crippen LogP contribution < -0.4 is 4.90 Å². The molecule has 0 bridgehead atoms. The molecule has 0 amide bonds. The molecule has 1 saturated heterocycles. The summed E-state index contributed by atoms with van der Waals surface area (Å²) in [6, 6.07) is 3.15. The van der Waals surface area contributed by atoms with Crippen LogP contribution in [0.5, 0.6) is 0 Å². The van der Waals surface area contributed by atoms with E-state index in [0.717, 1.165) is 22.4 Å². The van der Waals surface area contributed by atoms with E-state index >= 15 is 0 Å². The van der Waals surface area contributed by atoms with E-state index in [1.165, 1.54) is 6.07 Å². The largest absolute Gasteiger partial charge is 0.616 e. The van der Waals surface area contributed by atoms with Gasteiger partial charge >= 0.3 is 18.1 Å². The highest BCUT2D eigenvalue weighted by Crippen LogP contribution is 2.41. The minimum atomic E-state index is -5.90. The number of rotatable bonds is 3. The Morgan fingerprint density at radius 1 is 1.23 bits per heavy atom. The smallest absolute Gasteiger partial charge is 0.459 e. The lowest BCUT2D eigenvalue weighted by Gasteiger charge is -2.28. The van der Waals surface area contributed by atoms with Crippen molar-refractivity contribution in [3.8, 4) is 0 Å². The number of carbonyl (C=O) groups excluding carboxylic acids is 1. The summed E-state index contributed by atoms with van der Waals surface area (Å²) in [6.07, 6.45) is -4.99. The first kappa shape index (κ1) is 19.1. The molecule has 0 aliphatic carbocycles. The van der Waals surface area contributed by atoms with Gasteiger partial charge in [-0.3, -0.25) is 0 Å². The molecule has 2 aliphatic rings. The Hall–Kier alpha value is -1.66. The van der Waals surface area contributed by atoms with Gasteiger partial charge in [0.15, 0.2) is 5.71 Å². The van der Waals surface area contributed by atoms with Crippen LogP contribution in [0, 0.1) is 0 Å². The van der Waals surface area contributed by atoms with Crippen molar-refractivity contribution in [3.05, 3.63) is 22.6 Å². The number of hydrogen-bond acceptors (Lipinski definition) is 6. The van der Waals surface area contributed by atoms with Gasteiger partial charge in [0.25, 0.3) is 0 Å². The number of nitrogens with zero attached hydrogens (tertiary/aromatic N) is 2. The van der Waals surface area contributed by atoms with Gasteiger partial charge in [0.2, 0.25) is 0 Å². The third-order valence-corrected chi connectivity index (χ3v) is 6.11. The molecule has 1 aromatic heterocycles. The molecule has 1 fully saturated rings. The van der Waals surface area contributed by atoms with Crippen molar-refractivity contribution >= 4 is 45.3 Å². The van der Waals surface area contributed by atoms with Gasteiger partial charge < -0.3 is 14.3 Å². The number of hydrogen-bond donors (Lipinski definition) is 0. The molecule has 1 aromatic rings. The van der Waals surface area contributed by atoms with Gasteiger partial charge in [-0.1, -0.05) is 16.3 Å². The highest BCUT2D eigenvalue weighted by molar-refractivity contribution is 7.91. The number of carbonyl (C=O) groups is 1. The molecule has 0 spiro atoms. The summed E-state index contributed by atoms with van der Waals surface area (Å²) in [7, 11) is 0. The van der Waals surface area contributed by atoms with Gasteiger partial charge in [-0.15, -0.1) is 11.3 Å². The van der Waals surface area contributed by atoms with Crippen LogP contribution in [0.4, 0.5) is 27.0 Å². The van der Waals surface area contributed by atoms with Crippen molar-refractivity contribution in [1.29, 1.82) is 0 Å². The molecule has 0 N–H and O–H groups in total. The molecule has 0 unspecified atom stereocenters. The van der Waals surface area contributed by atoms with Crippen LogP contribution in [0.3, 0.4) is 0 Å². The fraction of sp³-hybridized carbons (Fsp3) is 0.429. The van der Waals surface area contributed by atoms with Crippen molar-refractivity contribution in [3.63, 3.8) is 0 Å². The monoisotopic (exact) mass is 414 g/mol. The van der Waals surface area contributed by atoms with E-state index in [1.807, 2.05) is 4.90 Å². The highest BCUT2D eigenvalue weighted by Gasteiger charge is 2.64. The molecule has 3 heterocycles. The topological polar surface area (TPSA) is 65.0 Å². The number of anilines is 1. The van der Waals surface area contributed by atoms with Crippen LogP contribution in [0.15, 0.2) is 22.9 Å². The quantitative estimate of drug-likeness (QED) is 0.330. The molecular formula is C14H11F5N2O3S2. The van der Waals surface area contributed by atoms with Crippen LogP contribution >= 0.6 is 11.3 Å². The van der Waals surface area contributed by atoms with Gasteiger partial charge in [-0.05, 0) is 18.2 Å². The van der Waals surface area contributed by atoms with Crippen molar-refractivity contribution in [2.75, 3.05) is 29.5 Å². The predicted octanol–water partition coefficient (Wildman–Crippen LogP) is 2.81. The summed E-state index contributed by atoms with van der Waals surface area (Å²) >= 11 is 0.236. The zero-order chi connectivity index (χ0) is 19.1. The van der Waals surface area contributed by atoms with Gasteiger partial charge in [0, 0.05) is 4.88 Å².